The first-order chi connectivity index (χ1) is 12.7. The summed E-state index contributed by atoms with van der Waals surface area (Å²) in [4.78, 5) is 15.0. The van der Waals surface area contributed by atoms with Gasteiger partial charge in [0.2, 0.25) is 0 Å². The van der Waals surface area contributed by atoms with Gasteiger partial charge in [-0.2, -0.15) is 0 Å². The van der Waals surface area contributed by atoms with E-state index in [0.717, 1.165) is 18.5 Å². The van der Waals surface area contributed by atoms with Crippen LogP contribution in [0.2, 0.25) is 0 Å². The summed E-state index contributed by atoms with van der Waals surface area (Å²) in [6.07, 6.45) is 8.07. The molecule has 0 unspecified atom stereocenters. The van der Waals surface area contributed by atoms with E-state index < -0.39 is 0 Å². The molecule has 1 N–H and O–H groups in total. The van der Waals surface area contributed by atoms with E-state index in [0.29, 0.717) is 12.6 Å². The molecule has 26 heavy (non-hydrogen) atoms. The van der Waals surface area contributed by atoms with Crippen LogP contribution in [0.5, 0.6) is 0 Å². The predicted octanol–water partition coefficient (Wildman–Crippen LogP) is 5.96. The number of rotatable bonds is 5. The maximum Gasteiger partial charge on any atom is 0.322 e. The second-order valence-electron chi connectivity index (χ2n) is 7.12. The minimum atomic E-state index is 0.00362. The minimum Gasteiger partial charge on any atom is -0.318 e. The van der Waals surface area contributed by atoms with Crippen molar-refractivity contribution in [2.75, 3.05) is 11.9 Å². The summed E-state index contributed by atoms with van der Waals surface area (Å²) >= 11 is 0. The molecule has 0 atom stereocenters. The fourth-order valence-electron chi connectivity index (χ4n) is 3.62. The van der Waals surface area contributed by atoms with Crippen molar-refractivity contribution < 1.29 is 4.79 Å². The number of hydrogen-bond donors (Lipinski definition) is 1. The van der Waals surface area contributed by atoms with Crippen molar-refractivity contribution in [3.05, 3.63) is 71.8 Å². The Morgan fingerprint density at radius 3 is 2.27 bits per heavy atom. The normalized spacial score (nSPS) is 15.5. The van der Waals surface area contributed by atoms with Crippen LogP contribution in [0.15, 0.2) is 66.2 Å². The van der Waals surface area contributed by atoms with Crippen molar-refractivity contribution in [3.63, 3.8) is 0 Å². The molecule has 2 amide bonds. The Kier molecular flexibility index (Phi) is 6.48. The first-order valence-electron chi connectivity index (χ1n) is 9.57. The zero-order chi connectivity index (χ0) is 18.2. The Morgan fingerprint density at radius 2 is 1.62 bits per heavy atom. The average Bonchev–Trinajstić information content (AvgIpc) is 2.68. The van der Waals surface area contributed by atoms with E-state index in [9.17, 15) is 4.79 Å². The molecule has 0 heterocycles. The van der Waals surface area contributed by atoms with Crippen LogP contribution in [0.25, 0.3) is 6.08 Å². The highest BCUT2D eigenvalue weighted by molar-refractivity contribution is 5.89. The first kappa shape index (κ1) is 18.2. The fraction of sp³-hybridized carbons (Fsp3) is 0.348. The molecule has 0 aromatic heterocycles. The first-order valence-corrected chi connectivity index (χ1v) is 9.57. The van der Waals surface area contributed by atoms with Gasteiger partial charge in [0.1, 0.15) is 0 Å². The molecule has 2 aromatic rings. The molecule has 0 saturated heterocycles. The van der Waals surface area contributed by atoms with Crippen molar-refractivity contribution in [1.82, 2.24) is 4.90 Å². The molecule has 2 aromatic carbocycles. The highest BCUT2D eigenvalue weighted by Gasteiger charge is 2.25. The van der Waals surface area contributed by atoms with Crippen LogP contribution < -0.4 is 5.32 Å². The lowest BCUT2D eigenvalue weighted by atomic mass is 9.94. The van der Waals surface area contributed by atoms with Gasteiger partial charge in [0.15, 0.2) is 0 Å². The molecule has 3 heteroatoms. The summed E-state index contributed by atoms with van der Waals surface area (Å²) in [5, 5.41) is 3.07. The Morgan fingerprint density at radius 1 is 1.00 bits per heavy atom. The van der Waals surface area contributed by atoms with Gasteiger partial charge in [-0.1, -0.05) is 79.4 Å². The summed E-state index contributed by atoms with van der Waals surface area (Å²) < 4.78 is 0. The maximum atomic E-state index is 13.0. The molecular weight excluding hydrogens is 320 g/mol. The molecular formula is C23H28N2O. The van der Waals surface area contributed by atoms with Gasteiger partial charge in [-0.25, -0.2) is 4.79 Å². The zero-order valence-corrected chi connectivity index (χ0v) is 15.5. The second-order valence-corrected chi connectivity index (χ2v) is 7.12. The minimum absolute atomic E-state index is 0.00362. The number of carbonyl (C=O) groups is 1. The Hall–Kier alpha value is -2.55. The summed E-state index contributed by atoms with van der Waals surface area (Å²) in [7, 11) is 0. The standard InChI is InChI=1S/C23H28N2O/c1-19(17-20-11-5-2-6-12-20)18-25(22-15-9-4-10-16-22)23(26)24-21-13-7-3-8-14-21/h2-3,5-8,11-14,17,22H,4,9-10,15-16,18H2,1H3,(H,24,26)/b19-17+. The third-order valence-electron chi connectivity index (χ3n) is 4.93. The van der Waals surface area contributed by atoms with Crippen molar-refractivity contribution in [2.24, 2.45) is 0 Å². The quantitative estimate of drug-likeness (QED) is 0.711. The van der Waals surface area contributed by atoms with Gasteiger partial charge in [0.05, 0.1) is 0 Å². The number of benzene rings is 2. The van der Waals surface area contributed by atoms with Gasteiger partial charge in [-0.15, -0.1) is 0 Å². The Labute approximate surface area is 156 Å². The molecule has 1 aliphatic rings. The zero-order valence-electron chi connectivity index (χ0n) is 15.5. The molecule has 3 nitrogen and oxygen atoms in total. The van der Waals surface area contributed by atoms with Crippen molar-refractivity contribution in [2.45, 2.75) is 45.1 Å². The Balaban J connectivity index is 1.74. The highest BCUT2D eigenvalue weighted by atomic mass is 16.2. The van der Waals surface area contributed by atoms with Crippen LogP contribution in [0.1, 0.15) is 44.6 Å². The molecule has 0 radical (unpaired) electrons. The summed E-state index contributed by atoms with van der Waals surface area (Å²) in [5.41, 5.74) is 3.23. The number of urea groups is 1. The van der Waals surface area contributed by atoms with Gasteiger partial charge in [0, 0.05) is 18.3 Å². The van der Waals surface area contributed by atoms with E-state index >= 15 is 0 Å². The predicted molar refractivity (Wildman–Crippen MR) is 109 cm³/mol. The molecule has 1 saturated carbocycles. The Bertz CT molecular complexity index is 718. The third-order valence-corrected chi connectivity index (χ3v) is 4.93. The SMILES string of the molecule is C/C(=C\c1ccccc1)CN(C(=O)Nc1ccccc1)C1CCCCC1. The van der Waals surface area contributed by atoms with Crippen molar-refractivity contribution >= 4 is 17.8 Å². The van der Waals surface area contributed by atoms with Crippen LogP contribution in [0, 0.1) is 0 Å². The van der Waals surface area contributed by atoms with Gasteiger partial charge >= 0.3 is 6.03 Å². The molecule has 0 bridgehead atoms. The third kappa shape index (κ3) is 5.22. The molecule has 1 fully saturated rings. The maximum absolute atomic E-state index is 13.0. The van der Waals surface area contributed by atoms with E-state index in [4.69, 9.17) is 0 Å². The number of nitrogens with zero attached hydrogens (tertiary/aromatic N) is 1. The van der Waals surface area contributed by atoms with Crippen LogP contribution >= 0.6 is 0 Å². The van der Waals surface area contributed by atoms with E-state index in [2.05, 4.69) is 30.4 Å². The van der Waals surface area contributed by atoms with Gasteiger partial charge < -0.3 is 10.2 Å². The lowest BCUT2D eigenvalue weighted by molar-refractivity contribution is 0.174. The molecule has 3 rings (SSSR count). The van der Waals surface area contributed by atoms with Gasteiger partial charge in [0.25, 0.3) is 0 Å². The average molecular weight is 348 g/mol. The monoisotopic (exact) mass is 348 g/mol. The second kappa shape index (κ2) is 9.23. The van der Waals surface area contributed by atoms with Gasteiger partial charge in [-0.3, -0.25) is 0 Å². The topological polar surface area (TPSA) is 32.3 Å². The fourth-order valence-corrected chi connectivity index (χ4v) is 3.62. The highest BCUT2D eigenvalue weighted by Crippen LogP contribution is 2.24. The summed E-state index contributed by atoms with van der Waals surface area (Å²) in [6, 6.07) is 20.3. The molecule has 136 valence electrons. The number of hydrogen-bond acceptors (Lipinski definition) is 1. The number of nitrogens with one attached hydrogen (secondary N) is 1. The number of amides is 2. The van der Waals surface area contributed by atoms with Gasteiger partial charge in [-0.05, 0) is 37.5 Å². The van der Waals surface area contributed by atoms with E-state index in [-0.39, 0.29) is 6.03 Å². The number of para-hydroxylation sites is 1. The molecule has 0 spiro atoms. The number of anilines is 1. The van der Waals surface area contributed by atoms with E-state index in [1.807, 2.05) is 53.4 Å². The van der Waals surface area contributed by atoms with Crippen molar-refractivity contribution in [3.8, 4) is 0 Å². The van der Waals surface area contributed by atoms with Crippen molar-refractivity contribution in [1.29, 1.82) is 0 Å². The van der Waals surface area contributed by atoms with E-state index in [1.54, 1.807) is 0 Å². The summed E-state index contributed by atoms with van der Waals surface area (Å²) in [5.74, 6) is 0. The van der Waals surface area contributed by atoms with E-state index in [1.165, 1.54) is 30.4 Å². The smallest absolute Gasteiger partial charge is 0.318 e. The molecule has 0 aliphatic heterocycles. The van der Waals surface area contributed by atoms with Crippen LogP contribution in [-0.4, -0.2) is 23.5 Å². The van der Waals surface area contributed by atoms with Crippen LogP contribution in [0.3, 0.4) is 0 Å². The lowest BCUT2D eigenvalue weighted by Gasteiger charge is -2.34. The largest absolute Gasteiger partial charge is 0.322 e. The summed E-state index contributed by atoms with van der Waals surface area (Å²) in [6.45, 7) is 2.77. The molecule has 1 aliphatic carbocycles. The lowest BCUT2D eigenvalue weighted by Crippen LogP contribution is -2.44. The van der Waals surface area contributed by atoms with Crippen LogP contribution in [0.4, 0.5) is 10.5 Å². The number of carbonyl (C=O) groups excluding carboxylic acids is 1. The van der Waals surface area contributed by atoms with Crippen LogP contribution in [-0.2, 0) is 0 Å².